The third-order valence-electron chi connectivity index (χ3n) is 4.15. The molecule has 0 bridgehead atoms. The van der Waals surface area contributed by atoms with Crippen molar-refractivity contribution in [3.05, 3.63) is 33.9 Å². The number of nitrogens with one attached hydrogen (secondary N) is 1. The molecule has 0 spiro atoms. The maximum Gasteiger partial charge on any atom is 0.272 e. The summed E-state index contributed by atoms with van der Waals surface area (Å²) >= 11 is 0. The standard InChI is InChI=1S/C11H14N2O2.C5H11N/c1-9-8-10(12-6-2-3-7-12)4-5-11(9)13(14)15;1-5-3-2-4-6-5/h4-5,8H,2-3,6-7H2,1H3;5-6H,2-4H2,1H3. The van der Waals surface area contributed by atoms with Gasteiger partial charge in [0.2, 0.25) is 0 Å². The lowest BCUT2D eigenvalue weighted by atomic mass is 10.1. The molecule has 21 heavy (non-hydrogen) atoms. The van der Waals surface area contributed by atoms with Crippen LogP contribution in [0.4, 0.5) is 11.4 Å². The number of aryl methyl sites for hydroxylation is 1. The summed E-state index contributed by atoms with van der Waals surface area (Å²) in [6.45, 7) is 7.39. The van der Waals surface area contributed by atoms with Gasteiger partial charge in [-0.2, -0.15) is 0 Å². The van der Waals surface area contributed by atoms with E-state index in [4.69, 9.17) is 0 Å². The Labute approximate surface area is 126 Å². The van der Waals surface area contributed by atoms with Crippen molar-refractivity contribution in [2.75, 3.05) is 24.5 Å². The normalized spacial score (nSPS) is 21.0. The number of nitrogens with zero attached hydrogens (tertiary/aromatic N) is 2. The van der Waals surface area contributed by atoms with Gasteiger partial charge in [0.05, 0.1) is 4.92 Å². The topological polar surface area (TPSA) is 58.4 Å². The maximum atomic E-state index is 10.6. The molecule has 1 aromatic rings. The SMILES string of the molecule is CC1CCCN1.Cc1cc(N2CCCC2)ccc1[N+](=O)[O-]. The summed E-state index contributed by atoms with van der Waals surface area (Å²) in [5, 5.41) is 14.0. The van der Waals surface area contributed by atoms with Gasteiger partial charge in [-0.15, -0.1) is 0 Å². The Balaban J connectivity index is 0.000000225. The van der Waals surface area contributed by atoms with Crippen LogP contribution in [0, 0.1) is 17.0 Å². The van der Waals surface area contributed by atoms with E-state index in [2.05, 4.69) is 17.1 Å². The zero-order valence-corrected chi connectivity index (χ0v) is 13.0. The molecule has 0 aliphatic carbocycles. The Kier molecular flexibility index (Phi) is 5.56. The summed E-state index contributed by atoms with van der Waals surface area (Å²) in [6.07, 6.45) is 5.19. The monoisotopic (exact) mass is 291 g/mol. The molecule has 3 rings (SSSR count). The molecule has 1 N–H and O–H groups in total. The fourth-order valence-corrected chi connectivity index (χ4v) is 2.88. The molecule has 1 unspecified atom stereocenters. The second kappa shape index (κ2) is 7.41. The van der Waals surface area contributed by atoms with E-state index >= 15 is 0 Å². The highest BCUT2D eigenvalue weighted by molar-refractivity contribution is 5.55. The van der Waals surface area contributed by atoms with Crippen LogP contribution in [0.3, 0.4) is 0 Å². The average molecular weight is 291 g/mol. The van der Waals surface area contributed by atoms with E-state index in [1.54, 1.807) is 13.0 Å². The Hall–Kier alpha value is -1.62. The van der Waals surface area contributed by atoms with Crippen molar-refractivity contribution in [1.29, 1.82) is 0 Å². The molecule has 0 amide bonds. The minimum Gasteiger partial charge on any atom is -0.372 e. The molecule has 1 aromatic carbocycles. The number of anilines is 1. The van der Waals surface area contributed by atoms with E-state index in [0.717, 1.165) is 30.4 Å². The van der Waals surface area contributed by atoms with Crippen molar-refractivity contribution in [2.24, 2.45) is 0 Å². The molecule has 2 heterocycles. The van der Waals surface area contributed by atoms with Crippen molar-refractivity contribution >= 4 is 11.4 Å². The van der Waals surface area contributed by atoms with Crippen molar-refractivity contribution in [2.45, 2.75) is 45.6 Å². The largest absolute Gasteiger partial charge is 0.372 e. The lowest BCUT2D eigenvalue weighted by Crippen LogP contribution is -2.17. The Morgan fingerprint density at radius 2 is 2.00 bits per heavy atom. The average Bonchev–Trinajstić information content (AvgIpc) is 3.11. The zero-order chi connectivity index (χ0) is 15.2. The first-order valence-electron chi connectivity index (χ1n) is 7.81. The second-order valence-electron chi connectivity index (χ2n) is 5.92. The summed E-state index contributed by atoms with van der Waals surface area (Å²) in [5.41, 5.74) is 2.05. The van der Waals surface area contributed by atoms with Crippen LogP contribution in [-0.4, -0.2) is 30.6 Å². The van der Waals surface area contributed by atoms with E-state index in [-0.39, 0.29) is 10.6 Å². The van der Waals surface area contributed by atoms with Gasteiger partial charge in [-0.25, -0.2) is 0 Å². The first-order chi connectivity index (χ1) is 10.1. The first-order valence-corrected chi connectivity index (χ1v) is 7.81. The van der Waals surface area contributed by atoms with Gasteiger partial charge in [0.25, 0.3) is 5.69 Å². The minimum absolute atomic E-state index is 0.206. The van der Waals surface area contributed by atoms with Crippen LogP contribution in [0.1, 0.15) is 38.2 Å². The van der Waals surface area contributed by atoms with E-state index in [1.807, 2.05) is 12.1 Å². The summed E-state index contributed by atoms with van der Waals surface area (Å²) in [5.74, 6) is 0. The molecule has 0 saturated carbocycles. The van der Waals surface area contributed by atoms with Crippen LogP contribution in [0.25, 0.3) is 0 Å². The molecule has 5 nitrogen and oxygen atoms in total. The lowest BCUT2D eigenvalue weighted by molar-refractivity contribution is -0.385. The van der Waals surface area contributed by atoms with Crippen LogP contribution in [0.15, 0.2) is 18.2 Å². The van der Waals surface area contributed by atoms with E-state index < -0.39 is 0 Å². The predicted octanol–water partition coefficient (Wildman–Crippen LogP) is 3.26. The Morgan fingerprint density at radius 1 is 1.29 bits per heavy atom. The predicted molar refractivity (Wildman–Crippen MR) is 86.0 cm³/mol. The van der Waals surface area contributed by atoms with Crippen molar-refractivity contribution in [3.63, 3.8) is 0 Å². The number of nitro benzene ring substituents is 1. The first kappa shape index (κ1) is 15.8. The molecule has 2 fully saturated rings. The molecular formula is C16H25N3O2. The molecule has 1 atom stereocenters. The van der Waals surface area contributed by atoms with E-state index in [0.29, 0.717) is 0 Å². The molecule has 116 valence electrons. The molecule has 0 aromatic heterocycles. The van der Waals surface area contributed by atoms with Gasteiger partial charge in [0.1, 0.15) is 0 Å². The number of nitro groups is 1. The third-order valence-corrected chi connectivity index (χ3v) is 4.15. The quantitative estimate of drug-likeness (QED) is 0.671. The zero-order valence-electron chi connectivity index (χ0n) is 13.0. The highest BCUT2D eigenvalue weighted by Crippen LogP contribution is 2.26. The van der Waals surface area contributed by atoms with Crippen LogP contribution >= 0.6 is 0 Å². The van der Waals surface area contributed by atoms with Crippen LogP contribution in [-0.2, 0) is 0 Å². The van der Waals surface area contributed by atoms with Gasteiger partial charge < -0.3 is 10.2 Å². The number of hydrogen-bond acceptors (Lipinski definition) is 4. The smallest absolute Gasteiger partial charge is 0.272 e. The van der Waals surface area contributed by atoms with Gasteiger partial charge in [-0.05, 0) is 58.2 Å². The van der Waals surface area contributed by atoms with Gasteiger partial charge in [-0.3, -0.25) is 10.1 Å². The highest BCUT2D eigenvalue weighted by atomic mass is 16.6. The summed E-state index contributed by atoms with van der Waals surface area (Å²) in [7, 11) is 0. The number of benzene rings is 1. The van der Waals surface area contributed by atoms with Gasteiger partial charge in [0.15, 0.2) is 0 Å². The van der Waals surface area contributed by atoms with Crippen LogP contribution in [0.5, 0.6) is 0 Å². The fourth-order valence-electron chi connectivity index (χ4n) is 2.88. The Morgan fingerprint density at radius 3 is 2.43 bits per heavy atom. The van der Waals surface area contributed by atoms with E-state index in [9.17, 15) is 10.1 Å². The molecule has 2 saturated heterocycles. The van der Waals surface area contributed by atoms with Gasteiger partial charge >= 0.3 is 0 Å². The van der Waals surface area contributed by atoms with Crippen molar-refractivity contribution < 1.29 is 4.92 Å². The summed E-state index contributed by atoms with van der Waals surface area (Å²) in [4.78, 5) is 12.6. The minimum atomic E-state index is -0.330. The fraction of sp³-hybridized carbons (Fsp3) is 0.625. The molecular weight excluding hydrogens is 266 g/mol. The highest BCUT2D eigenvalue weighted by Gasteiger charge is 2.16. The van der Waals surface area contributed by atoms with Crippen molar-refractivity contribution in [3.8, 4) is 0 Å². The molecule has 2 aliphatic rings. The van der Waals surface area contributed by atoms with Crippen LogP contribution < -0.4 is 10.2 Å². The van der Waals surface area contributed by atoms with E-state index in [1.165, 1.54) is 32.2 Å². The number of hydrogen-bond donors (Lipinski definition) is 1. The van der Waals surface area contributed by atoms with Crippen LogP contribution in [0.2, 0.25) is 0 Å². The molecule has 0 radical (unpaired) electrons. The van der Waals surface area contributed by atoms with Gasteiger partial charge in [-0.1, -0.05) is 0 Å². The summed E-state index contributed by atoms with van der Waals surface area (Å²) in [6, 6.07) is 6.15. The van der Waals surface area contributed by atoms with Crippen molar-refractivity contribution in [1.82, 2.24) is 5.32 Å². The molecule has 2 aliphatic heterocycles. The van der Waals surface area contributed by atoms with Gasteiger partial charge in [0, 0.05) is 36.4 Å². The number of rotatable bonds is 2. The summed E-state index contributed by atoms with van der Waals surface area (Å²) < 4.78 is 0. The maximum absolute atomic E-state index is 10.6. The lowest BCUT2D eigenvalue weighted by Gasteiger charge is -2.17. The third kappa shape index (κ3) is 4.43. The second-order valence-corrected chi connectivity index (χ2v) is 5.92. The molecule has 5 heteroatoms. The Bertz CT molecular complexity index is 478.